The molecule has 184 valence electrons. The van der Waals surface area contributed by atoms with Crippen LogP contribution in [0.1, 0.15) is 36.7 Å². The van der Waals surface area contributed by atoms with Gasteiger partial charge in [0.1, 0.15) is 11.0 Å². The molecule has 2 heterocycles. The van der Waals surface area contributed by atoms with Gasteiger partial charge in [-0.15, -0.1) is 0 Å². The SMILES string of the molecule is CC(C)(C)NC(=O)c1ccc(CSc2nc(Cl)cc(N3CCN(c4ccccc4Cl)CC3)n2)cc1. The third-order valence-electron chi connectivity index (χ3n) is 5.53. The van der Waals surface area contributed by atoms with E-state index < -0.39 is 0 Å². The summed E-state index contributed by atoms with van der Waals surface area (Å²) < 4.78 is 0. The minimum Gasteiger partial charge on any atom is -0.367 e. The Morgan fingerprint density at radius 2 is 1.63 bits per heavy atom. The number of rotatable bonds is 6. The number of nitrogens with zero attached hydrogens (tertiary/aromatic N) is 4. The molecule has 1 amide bonds. The van der Waals surface area contributed by atoms with E-state index in [2.05, 4.69) is 26.2 Å². The van der Waals surface area contributed by atoms with Crippen LogP contribution in [0, 0.1) is 0 Å². The van der Waals surface area contributed by atoms with Crippen molar-refractivity contribution in [2.75, 3.05) is 36.0 Å². The lowest BCUT2D eigenvalue weighted by Gasteiger charge is -2.37. The van der Waals surface area contributed by atoms with Gasteiger partial charge in [0.25, 0.3) is 5.91 Å². The number of thioether (sulfide) groups is 1. The number of anilines is 2. The summed E-state index contributed by atoms with van der Waals surface area (Å²) in [5.74, 6) is 1.44. The molecule has 1 saturated heterocycles. The van der Waals surface area contributed by atoms with Gasteiger partial charge >= 0.3 is 0 Å². The smallest absolute Gasteiger partial charge is 0.251 e. The number of aromatic nitrogens is 2. The van der Waals surface area contributed by atoms with Crippen molar-refractivity contribution in [1.82, 2.24) is 15.3 Å². The molecule has 1 aliphatic heterocycles. The molecule has 2 aromatic carbocycles. The summed E-state index contributed by atoms with van der Waals surface area (Å²) >= 11 is 14.2. The predicted octanol–water partition coefficient (Wildman–Crippen LogP) is 5.93. The Morgan fingerprint density at radius 1 is 0.971 bits per heavy atom. The first-order chi connectivity index (χ1) is 16.7. The first kappa shape index (κ1) is 25.6. The van der Waals surface area contributed by atoms with Gasteiger partial charge in [0.15, 0.2) is 5.16 Å². The largest absolute Gasteiger partial charge is 0.367 e. The van der Waals surface area contributed by atoms with Gasteiger partial charge in [0.05, 0.1) is 10.7 Å². The van der Waals surface area contributed by atoms with Gasteiger partial charge in [-0.1, -0.05) is 59.2 Å². The summed E-state index contributed by atoms with van der Waals surface area (Å²) in [5, 5.41) is 4.81. The second-order valence-corrected chi connectivity index (χ2v) is 11.2. The van der Waals surface area contributed by atoms with Gasteiger partial charge in [-0.3, -0.25) is 4.79 Å². The number of carbonyl (C=O) groups excluding carboxylic acids is 1. The van der Waals surface area contributed by atoms with Gasteiger partial charge in [0, 0.05) is 49.1 Å². The zero-order chi connectivity index (χ0) is 25.0. The molecule has 9 heteroatoms. The highest BCUT2D eigenvalue weighted by Crippen LogP contribution is 2.29. The lowest BCUT2D eigenvalue weighted by Crippen LogP contribution is -2.47. The zero-order valence-electron chi connectivity index (χ0n) is 20.1. The van der Waals surface area contributed by atoms with E-state index in [-0.39, 0.29) is 11.4 Å². The molecule has 35 heavy (non-hydrogen) atoms. The average molecular weight is 531 g/mol. The lowest BCUT2D eigenvalue weighted by atomic mass is 10.1. The van der Waals surface area contributed by atoms with Crippen molar-refractivity contribution >= 4 is 52.4 Å². The van der Waals surface area contributed by atoms with Gasteiger partial charge in [-0.2, -0.15) is 0 Å². The molecule has 1 aromatic heterocycles. The number of carbonyl (C=O) groups is 1. The maximum Gasteiger partial charge on any atom is 0.251 e. The van der Waals surface area contributed by atoms with Crippen LogP contribution >= 0.6 is 35.0 Å². The summed E-state index contributed by atoms with van der Waals surface area (Å²) in [6.45, 7) is 9.24. The summed E-state index contributed by atoms with van der Waals surface area (Å²) in [6.07, 6.45) is 0. The second-order valence-electron chi connectivity index (χ2n) is 9.45. The predicted molar refractivity (Wildman–Crippen MR) is 146 cm³/mol. The van der Waals surface area contributed by atoms with E-state index in [1.807, 2.05) is 69.3 Å². The van der Waals surface area contributed by atoms with Crippen LogP contribution in [0.3, 0.4) is 0 Å². The molecule has 0 radical (unpaired) electrons. The fraction of sp³-hybridized carbons (Fsp3) is 0.346. The van der Waals surface area contributed by atoms with Crippen molar-refractivity contribution < 1.29 is 4.79 Å². The van der Waals surface area contributed by atoms with Crippen molar-refractivity contribution in [2.45, 2.75) is 37.2 Å². The van der Waals surface area contributed by atoms with Crippen LogP contribution in [-0.4, -0.2) is 47.6 Å². The number of hydrogen-bond acceptors (Lipinski definition) is 6. The standard InChI is InChI=1S/C26H29Cl2N5OS/c1-26(2,3)31-24(34)19-10-8-18(9-11-19)17-35-25-29-22(28)16-23(30-25)33-14-12-32(13-15-33)21-7-5-4-6-20(21)27/h4-11,16H,12-15,17H2,1-3H3,(H,31,34). The number of piperazine rings is 1. The highest BCUT2D eigenvalue weighted by atomic mass is 35.5. The molecule has 0 spiro atoms. The van der Waals surface area contributed by atoms with Crippen molar-refractivity contribution in [1.29, 1.82) is 0 Å². The molecule has 1 fully saturated rings. The Balaban J connectivity index is 1.36. The quantitative estimate of drug-likeness (QED) is 0.242. The van der Waals surface area contributed by atoms with Gasteiger partial charge in [-0.05, 0) is 50.6 Å². The molecule has 0 unspecified atom stereocenters. The van der Waals surface area contributed by atoms with Crippen LogP contribution in [0.2, 0.25) is 10.2 Å². The molecular weight excluding hydrogens is 501 g/mol. The van der Waals surface area contributed by atoms with E-state index >= 15 is 0 Å². The van der Waals surface area contributed by atoms with E-state index in [4.69, 9.17) is 28.2 Å². The minimum absolute atomic E-state index is 0.0749. The molecule has 4 rings (SSSR count). The Bertz CT molecular complexity index is 1180. The highest BCUT2D eigenvalue weighted by molar-refractivity contribution is 7.98. The number of halogens is 2. The number of hydrogen-bond donors (Lipinski definition) is 1. The third-order valence-corrected chi connectivity index (χ3v) is 6.96. The number of amides is 1. The van der Waals surface area contributed by atoms with Crippen molar-refractivity contribution in [2.24, 2.45) is 0 Å². The molecule has 0 aliphatic carbocycles. The van der Waals surface area contributed by atoms with E-state index in [0.29, 0.717) is 21.6 Å². The maximum absolute atomic E-state index is 12.3. The Hall–Kier alpha value is -2.48. The zero-order valence-corrected chi connectivity index (χ0v) is 22.4. The summed E-state index contributed by atoms with van der Waals surface area (Å²) in [7, 11) is 0. The van der Waals surface area contributed by atoms with E-state index in [0.717, 1.165) is 48.3 Å². The monoisotopic (exact) mass is 529 g/mol. The molecule has 0 saturated carbocycles. The number of para-hydroxylation sites is 1. The van der Waals surface area contributed by atoms with E-state index in [1.54, 1.807) is 0 Å². The van der Waals surface area contributed by atoms with Crippen LogP contribution in [-0.2, 0) is 5.75 Å². The molecule has 0 atom stereocenters. The van der Waals surface area contributed by atoms with Crippen LogP contribution in [0.25, 0.3) is 0 Å². The van der Waals surface area contributed by atoms with E-state index in [9.17, 15) is 4.79 Å². The second kappa shape index (κ2) is 11.1. The van der Waals surface area contributed by atoms with Crippen LogP contribution in [0.15, 0.2) is 59.8 Å². The molecule has 1 aliphatic rings. The first-order valence-electron chi connectivity index (χ1n) is 11.5. The van der Waals surface area contributed by atoms with Crippen molar-refractivity contribution in [3.63, 3.8) is 0 Å². The lowest BCUT2D eigenvalue weighted by molar-refractivity contribution is 0.0919. The first-order valence-corrected chi connectivity index (χ1v) is 13.3. The number of benzene rings is 2. The normalized spacial score (nSPS) is 14.2. The van der Waals surface area contributed by atoms with Crippen LogP contribution in [0.4, 0.5) is 11.5 Å². The maximum atomic E-state index is 12.3. The molecular formula is C26H29Cl2N5OS. The summed E-state index contributed by atoms with van der Waals surface area (Å²) in [4.78, 5) is 26.0. The van der Waals surface area contributed by atoms with Crippen molar-refractivity contribution in [3.05, 3.63) is 75.9 Å². The topological polar surface area (TPSA) is 61.4 Å². The fourth-order valence-corrected chi connectivity index (χ4v) is 5.10. The van der Waals surface area contributed by atoms with Gasteiger partial charge < -0.3 is 15.1 Å². The summed E-state index contributed by atoms with van der Waals surface area (Å²) in [6, 6.07) is 17.4. The minimum atomic E-state index is -0.269. The fourth-order valence-electron chi connectivity index (χ4n) is 3.81. The Labute approximate surface area is 221 Å². The average Bonchev–Trinajstić information content (AvgIpc) is 2.82. The molecule has 1 N–H and O–H groups in total. The van der Waals surface area contributed by atoms with E-state index in [1.165, 1.54) is 11.8 Å². The Morgan fingerprint density at radius 3 is 2.29 bits per heavy atom. The molecule has 0 bridgehead atoms. The van der Waals surface area contributed by atoms with Crippen LogP contribution < -0.4 is 15.1 Å². The van der Waals surface area contributed by atoms with Crippen LogP contribution in [0.5, 0.6) is 0 Å². The van der Waals surface area contributed by atoms with Crippen molar-refractivity contribution in [3.8, 4) is 0 Å². The Kier molecular flexibility index (Phi) is 8.09. The summed E-state index contributed by atoms with van der Waals surface area (Å²) in [5.41, 5.74) is 2.52. The van der Waals surface area contributed by atoms with Gasteiger partial charge in [0.2, 0.25) is 0 Å². The van der Waals surface area contributed by atoms with Gasteiger partial charge in [-0.25, -0.2) is 9.97 Å². The molecule has 6 nitrogen and oxygen atoms in total. The third kappa shape index (κ3) is 7.03. The number of nitrogens with one attached hydrogen (secondary N) is 1. The highest BCUT2D eigenvalue weighted by Gasteiger charge is 2.21. The molecule has 3 aromatic rings.